The quantitative estimate of drug-likeness (QED) is 0.527. The van der Waals surface area contributed by atoms with Crippen LogP contribution in [0.5, 0.6) is 11.5 Å². The Balaban J connectivity index is 1.74. The second-order valence-electron chi connectivity index (χ2n) is 5.67. The Morgan fingerprint density at radius 3 is 2.67 bits per heavy atom. The van der Waals surface area contributed by atoms with Crippen molar-refractivity contribution in [3.8, 4) is 11.5 Å². The van der Waals surface area contributed by atoms with Crippen molar-refractivity contribution in [1.82, 2.24) is 4.90 Å². The van der Waals surface area contributed by atoms with Crippen molar-refractivity contribution in [3.63, 3.8) is 0 Å². The van der Waals surface area contributed by atoms with Crippen molar-refractivity contribution >= 4 is 23.3 Å². The van der Waals surface area contributed by atoms with Crippen LogP contribution >= 0.6 is 11.3 Å². The molecular formula is C18H15F4NO3S. The van der Waals surface area contributed by atoms with Gasteiger partial charge in [-0.15, -0.1) is 11.3 Å². The standard InChI is InChI=1S/C18H15F4NO3S/c19-17(20)25-13-3-1-11(14(9-13)26-18(21)22)2-4-16(24)23-7-5-15-12(10-23)6-8-27-15/h1-4,6,8-9,17-18H,5,7,10H2/b4-2+. The second kappa shape index (κ2) is 8.43. The molecule has 27 heavy (non-hydrogen) atoms. The minimum absolute atomic E-state index is 0.151. The van der Waals surface area contributed by atoms with Gasteiger partial charge in [-0.25, -0.2) is 0 Å². The Hall–Kier alpha value is -2.55. The maximum absolute atomic E-state index is 12.6. The van der Waals surface area contributed by atoms with E-state index in [0.717, 1.165) is 18.1 Å². The molecule has 0 spiro atoms. The van der Waals surface area contributed by atoms with Crippen molar-refractivity contribution in [3.05, 3.63) is 51.7 Å². The minimum Gasteiger partial charge on any atom is -0.435 e. The zero-order valence-corrected chi connectivity index (χ0v) is 14.7. The van der Waals surface area contributed by atoms with E-state index in [-0.39, 0.29) is 23.0 Å². The van der Waals surface area contributed by atoms with Gasteiger partial charge in [0.2, 0.25) is 5.91 Å². The maximum atomic E-state index is 12.6. The first-order valence-electron chi connectivity index (χ1n) is 7.98. The molecule has 1 aromatic heterocycles. The normalized spacial score (nSPS) is 14.1. The Labute approximate surface area is 156 Å². The molecule has 1 aliphatic heterocycles. The molecule has 0 saturated carbocycles. The van der Waals surface area contributed by atoms with Gasteiger partial charge < -0.3 is 14.4 Å². The number of hydrogen-bond acceptors (Lipinski definition) is 4. The highest BCUT2D eigenvalue weighted by atomic mass is 32.1. The van der Waals surface area contributed by atoms with Crippen LogP contribution in [-0.4, -0.2) is 30.6 Å². The van der Waals surface area contributed by atoms with Crippen molar-refractivity contribution in [2.75, 3.05) is 6.54 Å². The summed E-state index contributed by atoms with van der Waals surface area (Å²) in [6.07, 6.45) is 3.33. The highest BCUT2D eigenvalue weighted by Gasteiger charge is 2.20. The van der Waals surface area contributed by atoms with Crippen LogP contribution in [0.3, 0.4) is 0 Å². The number of carbonyl (C=O) groups excluding carboxylic acids is 1. The van der Waals surface area contributed by atoms with Crippen LogP contribution in [0.4, 0.5) is 17.6 Å². The average molecular weight is 401 g/mol. The molecule has 0 atom stereocenters. The van der Waals surface area contributed by atoms with Crippen LogP contribution in [-0.2, 0) is 17.8 Å². The van der Waals surface area contributed by atoms with Gasteiger partial charge in [0.05, 0.1) is 0 Å². The van der Waals surface area contributed by atoms with E-state index >= 15 is 0 Å². The Morgan fingerprint density at radius 2 is 1.93 bits per heavy atom. The van der Waals surface area contributed by atoms with Gasteiger partial charge in [0.1, 0.15) is 11.5 Å². The molecule has 1 aromatic carbocycles. The Morgan fingerprint density at radius 1 is 1.15 bits per heavy atom. The number of benzene rings is 1. The molecule has 0 saturated heterocycles. The number of hydrogen-bond donors (Lipinski definition) is 0. The third-order valence-electron chi connectivity index (χ3n) is 3.95. The number of amides is 1. The fraction of sp³-hybridized carbons (Fsp3) is 0.278. The zero-order chi connectivity index (χ0) is 19.4. The van der Waals surface area contributed by atoms with E-state index in [1.165, 1.54) is 29.2 Å². The monoisotopic (exact) mass is 401 g/mol. The van der Waals surface area contributed by atoms with Crippen LogP contribution in [0.15, 0.2) is 35.7 Å². The van der Waals surface area contributed by atoms with Gasteiger partial charge in [-0.05, 0) is 41.6 Å². The lowest BCUT2D eigenvalue weighted by Gasteiger charge is -2.25. The molecule has 0 bridgehead atoms. The summed E-state index contributed by atoms with van der Waals surface area (Å²) in [7, 11) is 0. The third kappa shape index (κ3) is 5.00. The topological polar surface area (TPSA) is 38.8 Å². The van der Waals surface area contributed by atoms with E-state index in [9.17, 15) is 22.4 Å². The van der Waals surface area contributed by atoms with Gasteiger partial charge >= 0.3 is 13.2 Å². The summed E-state index contributed by atoms with van der Waals surface area (Å²) in [6, 6.07) is 5.36. The first-order valence-corrected chi connectivity index (χ1v) is 8.86. The maximum Gasteiger partial charge on any atom is 0.387 e. The van der Waals surface area contributed by atoms with Crippen LogP contribution in [0.1, 0.15) is 16.0 Å². The summed E-state index contributed by atoms with van der Waals surface area (Å²) in [6.45, 7) is -5.18. The summed E-state index contributed by atoms with van der Waals surface area (Å²) in [5, 5.41) is 1.98. The molecule has 2 heterocycles. The number of fused-ring (bicyclic) bond motifs is 1. The zero-order valence-electron chi connectivity index (χ0n) is 13.9. The molecule has 2 aromatic rings. The molecule has 1 amide bonds. The second-order valence-corrected chi connectivity index (χ2v) is 6.67. The Kier molecular flexibility index (Phi) is 6.00. The number of nitrogens with zero attached hydrogens (tertiary/aromatic N) is 1. The Bertz CT molecular complexity index is 838. The molecule has 4 nitrogen and oxygen atoms in total. The predicted molar refractivity (Wildman–Crippen MR) is 92.2 cm³/mol. The summed E-state index contributed by atoms with van der Waals surface area (Å²) in [5.41, 5.74) is 1.25. The molecule has 0 fully saturated rings. The number of halogens is 4. The molecule has 144 valence electrons. The molecule has 9 heteroatoms. The summed E-state index contributed by atoms with van der Waals surface area (Å²) in [4.78, 5) is 15.3. The van der Waals surface area contributed by atoms with E-state index in [0.29, 0.717) is 13.1 Å². The van der Waals surface area contributed by atoms with Crippen LogP contribution in [0.2, 0.25) is 0 Å². The molecule has 0 N–H and O–H groups in total. The van der Waals surface area contributed by atoms with E-state index in [1.807, 2.05) is 11.4 Å². The predicted octanol–water partition coefficient (Wildman–Crippen LogP) is 4.55. The first-order chi connectivity index (χ1) is 12.9. The van der Waals surface area contributed by atoms with Gasteiger partial charge in [0.25, 0.3) is 0 Å². The van der Waals surface area contributed by atoms with E-state index in [2.05, 4.69) is 9.47 Å². The number of thiophene rings is 1. The minimum atomic E-state index is -3.14. The molecule has 1 aliphatic rings. The summed E-state index contributed by atoms with van der Waals surface area (Å²) < 4.78 is 58.3. The highest BCUT2D eigenvalue weighted by Crippen LogP contribution is 2.29. The summed E-state index contributed by atoms with van der Waals surface area (Å²) in [5.74, 6) is -0.945. The highest BCUT2D eigenvalue weighted by molar-refractivity contribution is 7.10. The SMILES string of the molecule is O=C(/C=C/c1ccc(OC(F)F)cc1OC(F)F)N1CCc2sccc2C1. The summed E-state index contributed by atoms with van der Waals surface area (Å²) >= 11 is 1.65. The van der Waals surface area contributed by atoms with Crippen molar-refractivity contribution < 1.29 is 31.8 Å². The molecule has 0 unspecified atom stereocenters. The lowest BCUT2D eigenvalue weighted by molar-refractivity contribution is -0.126. The fourth-order valence-corrected chi connectivity index (χ4v) is 3.62. The lowest BCUT2D eigenvalue weighted by atomic mass is 10.1. The van der Waals surface area contributed by atoms with E-state index in [4.69, 9.17) is 0 Å². The number of ether oxygens (including phenoxy) is 2. The average Bonchev–Trinajstić information content (AvgIpc) is 3.07. The smallest absolute Gasteiger partial charge is 0.387 e. The third-order valence-corrected chi connectivity index (χ3v) is 4.97. The number of rotatable bonds is 6. The molecular weight excluding hydrogens is 386 g/mol. The van der Waals surface area contributed by atoms with Crippen molar-refractivity contribution in [2.45, 2.75) is 26.2 Å². The van der Waals surface area contributed by atoms with Crippen molar-refractivity contribution in [1.29, 1.82) is 0 Å². The van der Waals surface area contributed by atoms with Gasteiger partial charge in [-0.2, -0.15) is 17.6 Å². The van der Waals surface area contributed by atoms with Crippen molar-refractivity contribution in [2.24, 2.45) is 0 Å². The lowest BCUT2D eigenvalue weighted by Crippen LogP contribution is -2.34. The molecule has 3 rings (SSSR count). The van der Waals surface area contributed by atoms with Gasteiger partial charge in [-0.3, -0.25) is 4.79 Å². The van der Waals surface area contributed by atoms with Crippen LogP contribution < -0.4 is 9.47 Å². The van der Waals surface area contributed by atoms with E-state index in [1.54, 1.807) is 16.2 Å². The van der Waals surface area contributed by atoms with E-state index < -0.39 is 13.2 Å². The van der Waals surface area contributed by atoms with Crippen LogP contribution in [0, 0.1) is 0 Å². The number of carbonyl (C=O) groups is 1. The van der Waals surface area contributed by atoms with Gasteiger partial charge in [-0.1, -0.05) is 0 Å². The first kappa shape index (κ1) is 19.2. The van der Waals surface area contributed by atoms with Crippen LogP contribution in [0.25, 0.3) is 6.08 Å². The van der Waals surface area contributed by atoms with Gasteiger partial charge in [0.15, 0.2) is 0 Å². The number of alkyl halides is 4. The van der Waals surface area contributed by atoms with Gasteiger partial charge in [0, 0.05) is 35.7 Å². The largest absolute Gasteiger partial charge is 0.435 e. The fourth-order valence-electron chi connectivity index (χ4n) is 2.73. The molecule has 0 radical (unpaired) electrons. The molecule has 0 aliphatic carbocycles.